The number of nitrogens with zero attached hydrogens (tertiary/aromatic N) is 2. The highest BCUT2D eigenvalue weighted by Gasteiger charge is 2.19. The van der Waals surface area contributed by atoms with Crippen molar-refractivity contribution in [3.63, 3.8) is 0 Å². The van der Waals surface area contributed by atoms with Gasteiger partial charge in [-0.25, -0.2) is 4.98 Å². The van der Waals surface area contributed by atoms with Gasteiger partial charge in [-0.15, -0.1) is 23.1 Å². The Kier molecular flexibility index (Phi) is 5.39. The molecule has 0 radical (unpaired) electrons. The fraction of sp³-hybridized carbons (Fsp3) is 0.238. The van der Waals surface area contributed by atoms with E-state index in [-0.39, 0.29) is 11.6 Å². The van der Waals surface area contributed by atoms with Crippen LogP contribution in [0.25, 0.3) is 21.5 Å². The topological polar surface area (TPSA) is 62.1 Å². The Morgan fingerprint density at radius 3 is 2.75 bits per heavy atom. The van der Waals surface area contributed by atoms with Gasteiger partial charge in [0, 0.05) is 22.4 Å². The zero-order valence-electron chi connectivity index (χ0n) is 15.9. The Hall–Kier alpha value is -2.35. The highest BCUT2D eigenvalue weighted by Crippen LogP contribution is 2.31. The molecule has 1 N–H and O–H groups in total. The molecule has 3 heterocycles. The summed E-state index contributed by atoms with van der Waals surface area (Å²) in [5.41, 5.74) is 1.89. The lowest BCUT2D eigenvalue weighted by atomic mass is 10.1. The molecule has 7 heteroatoms. The van der Waals surface area contributed by atoms with E-state index < -0.39 is 0 Å². The molecule has 1 atom stereocenters. The monoisotopic (exact) mass is 411 g/mol. The molecule has 3 aromatic heterocycles. The van der Waals surface area contributed by atoms with Crippen LogP contribution in [0.2, 0.25) is 0 Å². The highest BCUT2D eigenvalue weighted by atomic mass is 32.2. The van der Waals surface area contributed by atoms with Gasteiger partial charge in [-0.05, 0) is 50.1 Å². The first-order valence-electron chi connectivity index (χ1n) is 8.95. The second-order valence-electron chi connectivity index (χ2n) is 6.70. The van der Waals surface area contributed by atoms with Crippen molar-refractivity contribution < 1.29 is 4.42 Å². The van der Waals surface area contributed by atoms with E-state index in [1.807, 2.05) is 24.6 Å². The molecule has 1 unspecified atom stereocenters. The Morgan fingerprint density at radius 2 is 2.07 bits per heavy atom. The maximum Gasteiger partial charge on any atom is 0.260 e. The predicted octanol–water partition coefficient (Wildman–Crippen LogP) is 5.16. The average Bonchev–Trinajstić information content (AvgIpc) is 3.37. The van der Waals surface area contributed by atoms with Gasteiger partial charge in [0.1, 0.15) is 16.4 Å². The van der Waals surface area contributed by atoms with Crippen LogP contribution in [0, 0.1) is 0 Å². The number of fused-ring (bicyclic) bond motifs is 1. The lowest BCUT2D eigenvalue weighted by Gasteiger charge is -2.24. The summed E-state index contributed by atoms with van der Waals surface area (Å²) in [5, 5.41) is 2.52. The number of thiophene rings is 1. The Labute approximate surface area is 171 Å². The van der Waals surface area contributed by atoms with Crippen LogP contribution in [0.4, 0.5) is 0 Å². The van der Waals surface area contributed by atoms with Crippen molar-refractivity contribution in [1.82, 2.24) is 14.9 Å². The minimum atomic E-state index is -0.128. The molecule has 0 saturated carbocycles. The average molecular weight is 412 g/mol. The van der Waals surface area contributed by atoms with Crippen LogP contribution < -0.4 is 5.56 Å². The van der Waals surface area contributed by atoms with Gasteiger partial charge in [0.25, 0.3) is 5.56 Å². The van der Waals surface area contributed by atoms with Crippen LogP contribution in [0.15, 0.2) is 62.1 Å². The smallest absolute Gasteiger partial charge is 0.260 e. The third kappa shape index (κ3) is 3.65. The maximum absolute atomic E-state index is 12.8. The number of hydrogen-bond acceptors (Lipinski definition) is 6. The Balaban J connectivity index is 1.60. The van der Waals surface area contributed by atoms with Crippen molar-refractivity contribution in [1.29, 1.82) is 0 Å². The number of thioether (sulfide) groups is 1. The van der Waals surface area contributed by atoms with Crippen LogP contribution >= 0.6 is 23.1 Å². The molecule has 0 amide bonds. The van der Waals surface area contributed by atoms with E-state index >= 15 is 0 Å². The van der Waals surface area contributed by atoms with Crippen molar-refractivity contribution in [3.8, 4) is 11.3 Å². The standard InChI is InChI=1S/C21H21N3O2S2/c1-13(24(2)11-14-6-8-15(27-3)9-7-14)19-22-20(25)18-16(12-28-21(18)23-19)17-5-4-10-26-17/h4-10,12-13H,11H2,1-3H3,(H,22,23,25). The molecule has 144 valence electrons. The molecule has 4 rings (SSSR count). The molecule has 28 heavy (non-hydrogen) atoms. The highest BCUT2D eigenvalue weighted by molar-refractivity contribution is 7.98. The van der Waals surface area contributed by atoms with Crippen molar-refractivity contribution in [3.05, 3.63) is 69.8 Å². The van der Waals surface area contributed by atoms with Crippen LogP contribution in [0.1, 0.15) is 24.4 Å². The molecule has 0 fully saturated rings. The Bertz CT molecular complexity index is 1130. The van der Waals surface area contributed by atoms with Gasteiger partial charge in [0.2, 0.25) is 0 Å². The summed E-state index contributed by atoms with van der Waals surface area (Å²) in [7, 11) is 2.04. The lowest BCUT2D eigenvalue weighted by Crippen LogP contribution is -2.25. The molecular weight excluding hydrogens is 390 g/mol. The van der Waals surface area contributed by atoms with Crippen molar-refractivity contribution in [2.45, 2.75) is 24.4 Å². The van der Waals surface area contributed by atoms with E-state index in [1.165, 1.54) is 21.8 Å². The van der Waals surface area contributed by atoms with E-state index in [1.54, 1.807) is 18.0 Å². The van der Waals surface area contributed by atoms with Gasteiger partial charge in [0.15, 0.2) is 0 Å². The summed E-state index contributed by atoms with van der Waals surface area (Å²) in [5.74, 6) is 1.36. The van der Waals surface area contributed by atoms with Crippen LogP contribution in [-0.2, 0) is 6.54 Å². The minimum Gasteiger partial charge on any atom is -0.464 e. The third-order valence-corrected chi connectivity index (χ3v) is 6.51. The molecule has 1 aromatic carbocycles. The number of benzene rings is 1. The van der Waals surface area contributed by atoms with E-state index in [4.69, 9.17) is 9.40 Å². The summed E-state index contributed by atoms with van der Waals surface area (Å²) >= 11 is 3.20. The zero-order valence-corrected chi connectivity index (χ0v) is 17.6. The summed E-state index contributed by atoms with van der Waals surface area (Å²) < 4.78 is 5.46. The minimum absolute atomic E-state index is 0.0218. The number of nitrogens with one attached hydrogen (secondary N) is 1. The van der Waals surface area contributed by atoms with Crippen molar-refractivity contribution >= 4 is 33.3 Å². The Morgan fingerprint density at radius 1 is 1.29 bits per heavy atom. The van der Waals surface area contributed by atoms with E-state index in [2.05, 4.69) is 47.3 Å². The number of aromatic amines is 1. The molecule has 0 aliphatic carbocycles. The van der Waals surface area contributed by atoms with Gasteiger partial charge in [-0.2, -0.15) is 0 Å². The SMILES string of the molecule is CSc1ccc(CN(C)C(C)c2nc3scc(-c4ccco4)c3c(=O)[nH]2)cc1. The van der Waals surface area contributed by atoms with Crippen LogP contribution in [0.3, 0.4) is 0 Å². The first-order chi connectivity index (χ1) is 13.6. The lowest BCUT2D eigenvalue weighted by molar-refractivity contribution is 0.244. The number of aromatic nitrogens is 2. The van der Waals surface area contributed by atoms with Gasteiger partial charge >= 0.3 is 0 Å². The zero-order chi connectivity index (χ0) is 19.7. The van der Waals surface area contributed by atoms with Gasteiger partial charge < -0.3 is 9.40 Å². The predicted molar refractivity (Wildman–Crippen MR) is 116 cm³/mol. The molecule has 0 spiro atoms. The largest absolute Gasteiger partial charge is 0.464 e. The summed E-state index contributed by atoms with van der Waals surface area (Å²) in [6.45, 7) is 2.83. The number of hydrogen-bond donors (Lipinski definition) is 1. The molecular formula is C21H21N3O2S2. The van der Waals surface area contributed by atoms with E-state index in [9.17, 15) is 4.79 Å². The molecule has 4 aromatic rings. The van der Waals surface area contributed by atoms with Crippen LogP contribution in [0.5, 0.6) is 0 Å². The van der Waals surface area contributed by atoms with E-state index in [0.29, 0.717) is 17.0 Å². The second-order valence-corrected chi connectivity index (χ2v) is 8.43. The van der Waals surface area contributed by atoms with Gasteiger partial charge in [-0.3, -0.25) is 9.69 Å². The first kappa shape index (κ1) is 19.0. The first-order valence-corrected chi connectivity index (χ1v) is 11.1. The normalized spacial score (nSPS) is 12.7. The van der Waals surface area contributed by atoms with Crippen LogP contribution in [-0.4, -0.2) is 28.2 Å². The molecule has 0 aliphatic heterocycles. The van der Waals surface area contributed by atoms with E-state index in [0.717, 1.165) is 16.9 Å². The molecule has 0 saturated heterocycles. The maximum atomic E-state index is 12.8. The number of rotatable bonds is 6. The molecule has 0 aliphatic rings. The molecule has 0 bridgehead atoms. The summed E-state index contributed by atoms with van der Waals surface area (Å²) in [6, 6.07) is 12.2. The van der Waals surface area contributed by atoms with Crippen molar-refractivity contribution in [2.24, 2.45) is 0 Å². The fourth-order valence-electron chi connectivity index (χ4n) is 3.14. The molecule has 5 nitrogen and oxygen atoms in total. The summed E-state index contributed by atoms with van der Waals surface area (Å²) in [4.78, 5) is 24.7. The van der Waals surface area contributed by atoms with Crippen molar-refractivity contribution in [2.75, 3.05) is 13.3 Å². The van der Waals surface area contributed by atoms with Gasteiger partial charge in [-0.1, -0.05) is 12.1 Å². The quantitative estimate of drug-likeness (QED) is 0.444. The second kappa shape index (κ2) is 7.95. The number of H-pyrrole nitrogens is 1. The van der Waals surface area contributed by atoms with Gasteiger partial charge in [0.05, 0.1) is 17.7 Å². The third-order valence-electron chi connectivity index (χ3n) is 4.90. The fourth-order valence-corrected chi connectivity index (χ4v) is 4.48. The summed E-state index contributed by atoms with van der Waals surface area (Å²) in [6.07, 6.45) is 3.68. The number of furan rings is 1.